The molecule has 2 amide bonds. The molecule has 140 valence electrons. The number of thiazole rings is 1. The zero-order chi connectivity index (χ0) is 18.7. The third-order valence-electron chi connectivity index (χ3n) is 4.45. The average molecular weight is 375 g/mol. The van der Waals surface area contributed by atoms with Crippen LogP contribution < -0.4 is 5.32 Å². The Morgan fingerprint density at radius 3 is 2.81 bits per heavy atom. The smallest absolute Gasteiger partial charge is 0.323 e. The molecule has 1 aliphatic heterocycles. The minimum Gasteiger partial charge on any atom is -0.441 e. The molecule has 1 unspecified atom stereocenters. The van der Waals surface area contributed by atoms with Crippen molar-refractivity contribution in [3.05, 3.63) is 28.9 Å². The first kappa shape index (κ1) is 18.6. The molecule has 1 saturated heterocycles. The van der Waals surface area contributed by atoms with E-state index in [0.29, 0.717) is 11.0 Å². The molecule has 3 heterocycles. The molecule has 0 saturated carbocycles. The van der Waals surface area contributed by atoms with E-state index in [2.05, 4.69) is 43.0 Å². The van der Waals surface area contributed by atoms with Gasteiger partial charge in [-0.3, -0.25) is 5.32 Å². The van der Waals surface area contributed by atoms with Gasteiger partial charge >= 0.3 is 6.03 Å². The molecule has 1 N–H and O–H groups in total. The van der Waals surface area contributed by atoms with Gasteiger partial charge in [0, 0.05) is 35.2 Å². The summed E-state index contributed by atoms with van der Waals surface area (Å²) in [6.07, 6.45) is 10.5. The van der Waals surface area contributed by atoms with Crippen LogP contribution in [0.3, 0.4) is 0 Å². The number of carbonyl (C=O) groups excluding carboxylic acids is 1. The molecule has 1 aliphatic rings. The summed E-state index contributed by atoms with van der Waals surface area (Å²) in [6.45, 7) is 9.16. The van der Waals surface area contributed by atoms with Crippen LogP contribution in [0, 0.1) is 0 Å². The van der Waals surface area contributed by atoms with Gasteiger partial charge in [-0.1, -0.05) is 32.1 Å². The SMILES string of the molecule is CC1CCCCN1C(=O)Nc1ncc(C=Cc2ncc(C(C)(C)C)o2)s1. The Kier molecular flexibility index (Phi) is 5.46. The second-order valence-electron chi connectivity index (χ2n) is 7.68. The van der Waals surface area contributed by atoms with Gasteiger partial charge in [-0.05, 0) is 32.3 Å². The van der Waals surface area contributed by atoms with Gasteiger partial charge in [-0.2, -0.15) is 0 Å². The number of anilines is 1. The van der Waals surface area contributed by atoms with Gasteiger partial charge in [0.25, 0.3) is 0 Å². The molecule has 6 nitrogen and oxygen atoms in total. The number of nitrogens with one attached hydrogen (secondary N) is 1. The number of hydrogen-bond donors (Lipinski definition) is 1. The predicted molar refractivity (Wildman–Crippen MR) is 105 cm³/mol. The molecule has 1 fully saturated rings. The normalized spacial score (nSPS) is 18.5. The number of urea groups is 1. The summed E-state index contributed by atoms with van der Waals surface area (Å²) in [4.78, 5) is 23.8. The largest absolute Gasteiger partial charge is 0.441 e. The van der Waals surface area contributed by atoms with Crippen molar-refractivity contribution >= 4 is 34.7 Å². The van der Waals surface area contributed by atoms with Crippen molar-refractivity contribution in [3.63, 3.8) is 0 Å². The number of nitrogens with zero attached hydrogens (tertiary/aromatic N) is 3. The van der Waals surface area contributed by atoms with Crippen LogP contribution in [0.4, 0.5) is 9.93 Å². The Morgan fingerprint density at radius 1 is 1.31 bits per heavy atom. The van der Waals surface area contributed by atoms with Gasteiger partial charge in [0.2, 0.25) is 5.89 Å². The topological polar surface area (TPSA) is 71.3 Å². The highest BCUT2D eigenvalue weighted by atomic mass is 32.1. The molecule has 7 heteroatoms. The summed E-state index contributed by atoms with van der Waals surface area (Å²) in [5.74, 6) is 1.42. The summed E-state index contributed by atoms with van der Waals surface area (Å²) in [6, 6.07) is 0.217. The van der Waals surface area contributed by atoms with Crippen LogP contribution in [0.25, 0.3) is 12.2 Å². The maximum absolute atomic E-state index is 12.4. The van der Waals surface area contributed by atoms with Crippen LogP contribution >= 0.6 is 11.3 Å². The van der Waals surface area contributed by atoms with Gasteiger partial charge in [0.15, 0.2) is 5.13 Å². The number of rotatable bonds is 3. The second kappa shape index (κ2) is 7.61. The number of carbonyl (C=O) groups is 1. The zero-order valence-electron chi connectivity index (χ0n) is 15.8. The summed E-state index contributed by atoms with van der Waals surface area (Å²) < 4.78 is 5.74. The van der Waals surface area contributed by atoms with E-state index in [1.165, 1.54) is 17.8 Å². The van der Waals surface area contributed by atoms with Gasteiger partial charge in [-0.25, -0.2) is 14.8 Å². The van der Waals surface area contributed by atoms with Gasteiger partial charge in [0.05, 0.1) is 6.20 Å². The van der Waals surface area contributed by atoms with Crippen molar-refractivity contribution in [2.45, 2.75) is 58.4 Å². The quantitative estimate of drug-likeness (QED) is 0.820. The fourth-order valence-electron chi connectivity index (χ4n) is 2.85. The van der Waals surface area contributed by atoms with E-state index in [9.17, 15) is 4.79 Å². The Morgan fingerprint density at radius 2 is 2.12 bits per heavy atom. The first-order valence-electron chi connectivity index (χ1n) is 9.01. The molecule has 3 rings (SSSR count). The minimum atomic E-state index is -0.0652. The predicted octanol–water partition coefficient (Wildman–Crippen LogP) is 5.01. The van der Waals surface area contributed by atoms with E-state index in [0.717, 1.165) is 30.0 Å². The van der Waals surface area contributed by atoms with Crippen LogP contribution in [0.2, 0.25) is 0 Å². The lowest BCUT2D eigenvalue weighted by Gasteiger charge is -2.32. The summed E-state index contributed by atoms with van der Waals surface area (Å²) in [7, 11) is 0. The van der Waals surface area contributed by atoms with Crippen molar-refractivity contribution in [3.8, 4) is 0 Å². The van der Waals surface area contributed by atoms with Gasteiger partial charge < -0.3 is 9.32 Å². The molecule has 2 aromatic heterocycles. The molecule has 0 radical (unpaired) electrons. The fraction of sp³-hybridized carbons (Fsp3) is 0.526. The Bertz CT molecular complexity index is 788. The third-order valence-corrected chi connectivity index (χ3v) is 5.33. The lowest BCUT2D eigenvalue weighted by Crippen LogP contribution is -2.44. The number of hydrogen-bond acceptors (Lipinski definition) is 5. The first-order valence-corrected chi connectivity index (χ1v) is 9.82. The van der Waals surface area contributed by atoms with Crippen LogP contribution in [-0.2, 0) is 5.41 Å². The molecule has 0 spiro atoms. The summed E-state index contributed by atoms with van der Waals surface area (Å²) in [5.41, 5.74) is -0.0629. The van der Waals surface area contributed by atoms with E-state index in [1.54, 1.807) is 12.4 Å². The van der Waals surface area contributed by atoms with E-state index in [-0.39, 0.29) is 17.5 Å². The summed E-state index contributed by atoms with van der Waals surface area (Å²) in [5, 5.41) is 3.51. The van der Waals surface area contributed by atoms with Gasteiger partial charge in [-0.15, -0.1) is 0 Å². The number of aromatic nitrogens is 2. The molecule has 1 atom stereocenters. The maximum atomic E-state index is 12.4. The van der Waals surface area contributed by atoms with E-state index >= 15 is 0 Å². The highest BCUT2D eigenvalue weighted by molar-refractivity contribution is 7.16. The fourth-order valence-corrected chi connectivity index (χ4v) is 3.56. The van der Waals surface area contributed by atoms with E-state index in [1.807, 2.05) is 17.1 Å². The average Bonchev–Trinajstić information content (AvgIpc) is 3.22. The Balaban J connectivity index is 1.61. The van der Waals surface area contributed by atoms with Gasteiger partial charge in [0.1, 0.15) is 5.76 Å². The highest BCUT2D eigenvalue weighted by Gasteiger charge is 2.23. The van der Waals surface area contributed by atoms with Crippen LogP contribution in [0.5, 0.6) is 0 Å². The number of piperidine rings is 1. The Labute approximate surface area is 158 Å². The molecule has 0 aromatic carbocycles. The molecule has 26 heavy (non-hydrogen) atoms. The van der Waals surface area contributed by atoms with E-state index < -0.39 is 0 Å². The van der Waals surface area contributed by atoms with Crippen molar-refractivity contribution < 1.29 is 9.21 Å². The first-order chi connectivity index (χ1) is 12.3. The molecule has 0 aliphatic carbocycles. The number of likely N-dealkylation sites (tertiary alicyclic amines) is 1. The van der Waals surface area contributed by atoms with Crippen LogP contribution in [0.15, 0.2) is 16.8 Å². The summed E-state index contributed by atoms with van der Waals surface area (Å²) >= 11 is 1.43. The molecule has 0 bridgehead atoms. The lowest BCUT2D eigenvalue weighted by atomic mass is 9.94. The lowest BCUT2D eigenvalue weighted by molar-refractivity contribution is 0.170. The van der Waals surface area contributed by atoms with E-state index in [4.69, 9.17) is 4.42 Å². The zero-order valence-corrected chi connectivity index (χ0v) is 16.6. The maximum Gasteiger partial charge on any atom is 0.323 e. The van der Waals surface area contributed by atoms with Crippen molar-refractivity contribution in [1.82, 2.24) is 14.9 Å². The standard InChI is InChI=1S/C19H26N4O2S/c1-13-7-5-6-10-23(13)18(24)22-17-21-11-14(26-17)8-9-16-20-12-15(25-16)19(2,3)4/h8-9,11-13H,5-7,10H2,1-4H3,(H,21,22,24). The number of amides is 2. The molecular formula is C19H26N4O2S. The highest BCUT2D eigenvalue weighted by Crippen LogP contribution is 2.25. The number of oxazole rings is 1. The minimum absolute atomic E-state index is 0.0629. The van der Waals surface area contributed by atoms with Crippen LogP contribution in [-0.4, -0.2) is 33.5 Å². The van der Waals surface area contributed by atoms with Crippen LogP contribution in [0.1, 0.15) is 63.5 Å². The third kappa shape index (κ3) is 4.52. The molecular weight excluding hydrogens is 348 g/mol. The monoisotopic (exact) mass is 374 g/mol. The second-order valence-corrected chi connectivity index (χ2v) is 8.74. The van der Waals surface area contributed by atoms with Crippen molar-refractivity contribution in [2.75, 3.05) is 11.9 Å². The van der Waals surface area contributed by atoms with Crippen molar-refractivity contribution in [1.29, 1.82) is 0 Å². The van der Waals surface area contributed by atoms with Crippen molar-refractivity contribution in [2.24, 2.45) is 0 Å². The molecule has 2 aromatic rings. The Hall–Kier alpha value is -2.15.